The van der Waals surface area contributed by atoms with Crippen LogP contribution in [0.1, 0.15) is 37.3 Å². The first-order chi connectivity index (χ1) is 15.5. The van der Waals surface area contributed by atoms with Crippen molar-refractivity contribution in [1.82, 2.24) is 14.9 Å². The number of ether oxygens (including phenoxy) is 2. The Morgan fingerprint density at radius 1 is 1.28 bits per heavy atom. The molecular formula is C24H31FN4O3. The van der Waals surface area contributed by atoms with Crippen LogP contribution in [0.25, 0.3) is 11.1 Å². The number of halogens is 1. The normalized spacial score (nSPS) is 19.3. The van der Waals surface area contributed by atoms with Gasteiger partial charge in [0.2, 0.25) is 11.9 Å². The molecule has 0 saturated carbocycles. The van der Waals surface area contributed by atoms with E-state index < -0.39 is 0 Å². The fourth-order valence-corrected chi connectivity index (χ4v) is 4.34. The van der Waals surface area contributed by atoms with Crippen molar-refractivity contribution >= 4 is 11.9 Å². The van der Waals surface area contributed by atoms with Crippen molar-refractivity contribution in [3.63, 3.8) is 0 Å². The average Bonchev–Trinajstić information content (AvgIpc) is 3.32. The van der Waals surface area contributed by atoms with Crippen LogP contribution in [-0.2, 0) is 14.3 Å². The highest BCUT2D eigenvalue weighted by Gasteiger charge is 2.28. The number of rotatable bonds is 7. The highest BCUT2D eigenvalue weighted by Crippen LogP contribution is 2.35. The molecule has 32 heavy (non-hydrogen) atoms. The third-order valence-corrected chi connectivity index (χ3v) is 6.13. The first-order valence-corrected chi connectivity index (χ1v) is 11.3. The van der Waals surface area contributed by atoms with Gasteiger partial charge in [0.1, 0.15) is 12.4 Å². The molecule has 7 nitrogen and oxygen atoms in total. The Hall–Kier alpha value is -2.58. The van der Waals surface area contributed by atoms with Crippen LogP contribution in [-0.4, -0.2) is 73.9 Å². The van der Waals surface area contributed by atoms with E-state index in [0.29, 0.717) is 25.6 Å². The Morgan fingerprint density at radius 3 is 2.78 bits per heavy atom. The second-order valence-corrected chi connectivity index (χ2v) is 8.68. The summed E-state index contributed by atoms with van der Waals surface area (Å²) < 4.78 is 25.0. The lowest BCUT2D eigenvalue weighted by molar-refractivity contribution is -0.138. The predicted molar refractivity (Wildman–Crippen MR) is 120 cm³/mol. The lowest BCUT2D eigenvalue weighted by Crippen LogP contribution is -2.40. The number of likely N-dealkylation sites (tertiary alicyclic amines) is 1. The topological polar surface area (TPSA) is 67.8 Å². The molecule has 8 heteroatoms. The summed E-state index contributed by atoms with van der Waals surface area (Å²) in [5, 5.41) is 0. The van der Waals surface area contributed by atoms with Crippen LogP contribution in [0, 0.1) is 5.82 Å². The molecule has 1 aromatic heterocycles. The van der Waals surface area contributed by atoms with E-state index in [1.54, 1.807) is 12.3 Å². The fourth-order valence-electron chi connectivity index (χ4n) is 4.34. The van der Waals surface area contributed by atoms with Crippen LogP contribution in [0.2, 0.25) is 0 Å². The van der Waals surface area contributed by atoms with Crippen LogP contribution < -0.4 is 4.90 Å². The van der Waals surface area contributed by atoms with Gasteiger partial charge in [-0.05, 0) is 43.4 Å². The molecule has 0 bridgehead atoms. The molecule has 2 aliphatic heterocycles. The van der Waals surface area contributed by atoms with E-state index in [9.17, 15) is 9.18 Å². The number of carbonyl (C=O) groups is 1. The van der Waals surface area contributed by atoms with E-state index in [2.05, 4.69) is 4.98 Å². The molecule has 0 spiro atoms. The van der Waals surface area contributed by atoms with Crippen molar-refractivity contribution in [2.75, 3.05) is 51.9 Å². The third kappa shape index (κ3) is 5.42. The molecule has 0 radical (unpaired) electrons. The summed E-state index contributed by atoms with van der Waals surface area (Å²) in [6.45, 7) is 2.66. The molecular weight excluding hydrogens is 411 g/mol. The van der Waals surface area contributed by atoms with E-state index >= 15 is 0 Å². The second-order valence-electron chi connectivity index (χ2n) is 8.68. The van der Waals surface area contributed by atoms with Gasteiger partial charge in [0.15, 0.2) is 0 Å². The summed E-state index contributed by atoms with van der Waals surface area (Å²) in [5.41, 5.74) is 2.53. The van der Waals surface area contributed by atoms with Gasteiger partial charge in [-0.15, -0.1) is 0 Å². The van der Waals surface area contributed by atoms with Crippen molar-refractivity contribution in [2.24, 2.45) is 0 Å². The Balaban J connectivity index is 1.41. The number of nitrogens with zero attached hydrogens (tertiary/aromatic N) is 4. The van der Waals surface area contributed by atoms with Crippen molar-refractivity contribution in [3.05, 3.63) is 42.0 Å². The number of anilines is 1. The predicted octanol–water partition coefficient (Wildman–Crippen LogP) is 3.25. The number of hydrogen-bond donors (Lipinski definition) is 0. The maximum absolute atomic E-state index is 13.9. The van der Waals surface area contributed by atoms with Crippen molar-refractivity contribution < 1.29 is 18.7 Å². The zero-order valence-corrected chi connectivity index (χ0v) is 18.8. The Labute approximate surface area is 188 Å². The van der Waals surface area contributed by atoms with Gasteiger partial charge in [-0.2, -0.15) is 0 Å². The SMILES string of the molecule is CN(C)c1ncc(-c2cccc(F)c2)c(C2CCN(C(=O)COC[C@H]3CCCO3)CC2)n1. The van der Waals surface area contributed by atoms with Gasteiger partial charge < -0.3 is 19.3 Å². The Kier molecular flexibility index (Phi) is 7.32. The first-order valence-electron chi connectivity index (χ1n) is 11.3. The smallest absolute Gasteiger partial charge is 0.248 e. The van der Waals surface area contributed by atoms with Gasteiger partial charge in [0, 0.05) is 51.5 Å². The number of piperidine rings is 1. The molecule has 1 amide bonds. The lowest BCUT2D eigenvalue weighted by Gasteiger charge is -2.32. The van der Waals surface area contributed by atoms with Crippen LogP contribution in [0.15, 0.2) is 30.5 Å². The molecule has 172 valence electrons. The number of aromatic nitrogens is 2. The number of benzene rings is 1. The molecule has 0 unspecified atom stereocenters. The summed E-state index contributed by atoms with van der Waals surface area (Å²) >= 11 is 0. The summed E-state index contributed by atoms with van der Waals surface area (Å²) in [6.07, 6.45) is 5.56. The molecule has 1 atom stereocenters. The van der Waals surface area contributed by atoms with Gasteiger partial charge in [0.05, 0.1) is 18.4 Å². The van der Waals surface area contributed by atoms with Gasteiger partial charge in [0.25, 0.3) is 0 Å². The summed E-state index contributed by atoms with van der Waals surface area (Å²) in [4.78, 5) is 25.6. The quantitative estimate of drug-likeness (QED) is 0.656. The third-order valence-electron chi connectivity index (χ3n) is 6.13. The molecule has 2 aliphatic rings. The summed E-state index contributed by atoms with van der Waals surface area (Å²) in [6, 6.07) is 6.53. The highest BCUT2D eigenvalue weighted by atomic mass is 19.1. The standard InChI is InChI=1S/C24H31FN4O3/c1-28(2)24-26-14-21(18-5-3-6-19(25)13-18)23(27-24)17-8-10-29(11-9-17)22(30)16-31-15-20-7-4-12-32-20/h3,5-6,13-14,17,20H,4,7-12,15-16H2,1-2H3/t20-/m1/s1. The summed E-state index contributed by atoms with van der Waals surface area (Å²) in [7, 11) is 3.80. The molecule has 2 aromatic rings. The van der Waals surface area contributed by atoms with Crippen molar-refractivity contribution in [3.8, 4) is 11.1 Å². The number of amides is 1. The van der Waals surface area contributed by atoms with E-state index in [4.69, 9.17) is 14.5 Å². The molecule has 2 saturated heterocycles. The van der Waals surface area contributed by atoms with E-state index in [1.807, 2.05) is 30.0 Å². The molecule has 1 aromatic carbocycles. The largest absolute Gasteiger partial charge is 0.376 e. The van der Waals surface area contributed by atoms with Gasteiger partial charge in [-0.25, -0.2) is 14.4 Å². The molecule has 4 rings (SSSR count). The number of carbonyl (C=O) groups excluding carboxylic acids is 1. The summed E-state index contributed by atoms with van der Waals surface area (Å²) in [5.74, 6) is 0.532. The molecule has 2 fully saturated rings. The maximum Gasteiger partial charge on any atom is 0.248 e. The Bertz CT molecular complexity index is 925. The lowest BCUT2D eigenvalue weighted by atomic mass is 9.89. The Morgan fingerprint density at radius 2 is 2.09 bits per heavy atom. The molecule has 3 heterocycles. The van der Waals surface area contributed by atoms with E-state index in [0.717, 1.165) is 49.1 Å². The van der Waals surface area contributed by atoms with Crippen molar-refractivity contribution in [1.29, 1.82) is 0 Å². The van der Waals surface area contributed by atoms with Crippen LogP contribution in [0.5, 0.6) is 0 Å². The van der Waals surface area contributed by atoms with Gasteiger partial charge in [-0.1, -0.05) is 12.1 Å². The van der Waals surface area contributed by atoms with Gasteiger partial charge in [-0.3, -0.25) is 4.79 Å². The second kappa shape index (κ2) is 10.4. The minimum Gasteiger partial charge on any atom is -0.376 e. The first kappa shape index (κ1) is 22.6. The zero-order chi connectivity index (χ0) is 22.5. The zero-order valence-electron chi connectivity index (χ0n) is 18.8. The van der Waals surface area contributed by atoms with Crippen LogP contribution in [0.4, 0.5) is 10.3 Å². The average molecular weight is 443 g/mol. The number of hydrogen-bond acceptors (Lipinski definition) is 6. The monoisotopic (exact) mass is 442 g/mol. The maximum atomic E-state index is 13.9. The fraction of sp³-hybridized carbons (Fsp3) is 0.542. The van der Waals surface area contributed by atoms with Gasteiger partial charge >= 0.3 is 0 Å². The molecule has 0 aliphatic carbocycles. The van der Waals surface area contributed by atoms with Crippen molar-refractivity contribution in [2.45, 2.75) is 37.7 Å². The van der Waals surface area contributed by atoms with E-state index in [-0.39, 0.29) is 30.4 Å². The minimum atomic E-state index is -0.284. The molecule has 0 N–H and O–H groups in total. The van der Waals surface area contributed by atoms with E-state index in [1.165, 1.54) is 12.1 Å². The van der Waals surface area contributed by atoms with Crippen LogP contribution in [0.3, 0.4) is 0 Å². The van der Waals surface area contributed by atoms with Crippen LogP contribution >= 0.6 is 0 Å². The highest BCUT2D eigenvalue weighted by molar-refractivity contribution is 5.77. The minimum absolute atomic E-state index is 0.0171.